The summed E-state index contributed by atoms with van der Waals surface area (Å²) in [6.45, 7) is 0. The number of nitrogens with one attached hydrogen (secondary N) is 1. The van der Waals surface area contributed by atoms with E-state index in [9.17, 15) is 10.1 Å². The number of aryl methyl sites for hydroxylation is 1. The Morgan fingerprint density at radius 2 is 2.06 bits per heavy atom. The van der Waals surface area contributed by atoms with E-state index >= 15 is 0 Å². The molecule has 0 unspecified atom stereocenters. The van der Waals surface area contributed by atoms with E-state index in [0.29, 0.717) is 11.9 Å². The van der Waals surface area contributed by atoms with Crippen LogP contribution in [0.25, 0.3) is 0 Å². The third kappa shape index (κ3) is 2.95. The highest BCUT2D eigenvalue weighted by atomic mass is 16.6. The van der Waals surface area contributed by atoms with Gasteiger partial charge in [-0.1, -0.05) is 25.7 Å². The molecule has 1 N–H and O–H groups in total. The largest absolute Gasteiger partial charge is 0.360 e. The van der Waals surface area contributed by atoms with Crippen LogP contribution >= 0.6 is 0 Å². The molecule has 0 radical (unpaired) electrons. The van der Waals surface area contributed by atoms with Gasteiger partial charge >= 0.3 is 5.69 Å². The van der Waals surface area contributed by atoms with Gasteiger partial charge in [-0.25, -0.2) is 0 Å². The first kappa shape index (κ1) is 11.9. The second-order valence-corrected chi connectivity index (χ2v) is 4.63. The molecule has 6 heteroatoms. The van der Waals surface area contributed by atoms with Crippen LogP contribution in [0.3, 0.4) is 0 Å². The predicted molar refractivity (Wildman–Crippen MR) is 65.0 cm³/mol. The fourth-order valence-electron chi connectivity index (χ4n) is 2.33. The number of anilines is 1. The van der Waals surface area contributed by atoms with E-state index in [4.69, 9.17) is 0 Å². The van der Waals surface area contributed by atoms with E-state index in [1.54, 1.807) is 7.05 Å². The van der Waals surface area contributed by atoms with Crippen molar-refractivity contribution in [2.24, 2.45) is 7.05 Å². The van der Waals surface area contributed by atoms with Gasteiger partial charge in [0.25, 0.3) is 0 Å². The normalized spacial score (nSPS) is 17.7. The highest BCUT2D eigenvalue weighted by Gasteiger charge is 2.21. The fourth-order valence-corrected chi connectivity index (χ4v) is 2.33. The average molecular weight is 238 g/mol. The minimum absolute atomic E-state index is 0.0664. The lowest BCUT2D eigenvalue weighted by Gasteiger charge is -2.14. The van der Waals surface area contributed by atoms with E-state index in [1.165, 1.54) is 36.6 Å². The quantitative estimate of drug-likeness (QED) is 0.498. The van der Waals surface area contributed by atoms with Crippen LogP contribution in [-0.2, 0) is 7.05 Å². The summed E-state index contributed by atoms with van der Waals surface area (Å²) < 4.78 is 1.48. The van der Waals surface area contributed by atoms with Crippen molar-refractivity contribution in [2.45, 2.75) is 44.6 Å². The summed E-state index contributed by atoms with van der Waals surface area (Å²) >= 11 is 0. The molecule has 0 aromatic carbocycles. The molecule has 1 aliphatic rings. The van der Waals surface area contributed by atoms with Gasteiger partial charge in [0, 0.05) is 13.1 Å². The van der Waals surface area contributed by atoms with Crippen molar-refractivity contribution in [1.82, 2.24) is 9.78 Å². The average Bonchev–Trinajstić information content (AvgIpc) is 2.50. The van der Waals surface area contributed by atoms with Crippen molar-refractivity contribution in [2.75, 3.05) is 5.32 Å². The van der Waals surface area contributed by atoms with Gasteiger partial charge in [-0.15, -0.1) is 5.10 Å². The predicted octanol–water partition coefficient (Wildman–Crippen LogP) is 2.46. The topological polar surface area (TPSA) is 73.0 Å². The Bertz CT molecular complexity index is 394. The molecule has 0 bridgehead atoms. The number of nitro groups is 1. The van der Waals surface area contributed by atoms with Crippen LogP contribution in [0.15, 0.2) is 6.20 Å². The zero-order valence-electron chi connectivity index (χ0n) is 10.1. The summed E-state index contributed by atoms with van der Waals surface area (Å²) in [5.74, 6) is 0.407. The van der Waals surface area contributed by atoms with Crippen LogP contribution in [0, 0.1) is 10.1 Å². The molecule has 1 aliphatic carbocycles. The highest BCUT2D eigenvalue weighted by molar-refractivity contribution is 5.55. The standard InChI is InChI=1S/C11H18N4O2/c1-14-8-10(15(16)17)11(13-14)12-9-6-4-2-3-5-7-9/h8-9H,2-7H2,1H3,(H,12,13). The van der Waals surface area contributed by atoms with Gasteiger partial charge in [0.05, 0.1) is 4.92 Å². The molecule has 1 fully saturated rings. The van der Waals surface area contributed by atoms with E-state index < -0.39 is 0 Å². The third-order valence-electron chi connectivity index (χ3n) is 3.20. The lowest BCUT2D eigenvalue weighted by atomic mass is 10.1. The van der Waals surface area contributed by atoms with Crippen LogP contribution in [0.5, 0.6) is 0 Å². The molecule has 17 heavy (non-hydrogen) atoms. The molecule has 94 valence electrons. The first-order valence-corrected chi connectivity index (χ1v) is 6.11. The van der Waals surface area contributed by atoms with Gasteiger partial charge in [0.1, 0.15) is 6.20 Å². The van der Waals surface area contributed by atoms with Crippen LogP contribution in [0.2, 0.25) is 0 Å². The van der Waals surface area contributed by atoms with Crippen molar-refractivity contribution in [3.63, 3.8) is 0 Å². The molecule has 0 saturated heterocycles. The number of rotatable bonds is 3. The molecule has 6 nitrogen and oxygen atoms in total. The molecular formula is C11H18N4O2. The Morgan fingerprint density at radius 3 is 2.65 bits per heavy atom. The van der Waals surface area contributed by atoms with E-state index in [-0.39, 0.29) is 10.6 Å². The molecular weight excluding hydrogens is 220 g/mol. The zero-order chi connectivity index (χ0) is 12.3. The highest BCUT2D eigenvalue weighted by Crippen LogP contribution is 2.26. The van der Waals surface area contributed by atoms with Gasteiger partial charge in [0.2, 0.25) is 5.82 Å². The van der Waals surface area contributed by atoms with Crippen LogP contribution < -0.4 is 5.32 Å². The second-order valence-electron chi connectivity index (χ2n) is 4.63. The summed E-state index contributed by atoms with van der Waals surface area (Å²) in [5.41, 5.74) is 0.0664. The Labute approximate surface area is 100 Å². The summed E-state index contributed by atoms with van der Waals surface area (Å²) in [5, 5.41) is 18.2. The van der Waals surface area contributed by atoms with Gasteiger partial charge in [-0.05, 0) is 12.8 Å². The molecule has 1 saturated carbocycles. The Morgan fingerprint density at radius 1 is 1.41 bits per heavy atom. The summed E-state index contributed by atoms with van der Waals surface area (Å²) in [6, 6.07) is 0.325. The van der Waals surface area contributed by atoms with E-state index in [0.717, 1.165) is 12.8 Å². The molecule has 0 spiro atoms. The van der Waals surface area contributed by atoms with Crippen molar-refractivity contribution in [1.29, 1.82) is 0 Å². The Kier molecular flexibility index (Phi) is 3.61. The summed E-state index contributed by atoms with van der Waals surface area (Å²) in [7, 11) is 1.70. The number of aromatic nitrogens is 2. The first-order valence-electron chi connectivity index (χ1n) is 6.11. The lowest BCUT2D eigenvalue weighted by molar-refractivity contribution is -0.384. The van der Waals surface area contributed by atoms with Gasteiger partial charge in [-0.2, -0.15) is 0 Å². The molecule has 0 atom stereocenters. The van der Waals surface area contributed by atoms with E-state index in [1.807, 2.05) is 0 Å². The summed E-state index contributed by atoms with van der Waals surface area (Å²) in [6.07, 6.45) is 8.52. The zero-order valence-corrected chi connectivity index (χ0v) is 10.1. The second kappa shape index (κ2) is 5.16. The molecule has 1 aromatic rings. The molecule has 1 aromatic heterocycles. The van der Waals surface area contributed by atoms with E-state index in [2.05, 4.69) is 10.4 Å². The van der Waals surface area contributed by atoms with Crippen LogP contribution in [0.1, 0.15) is 38.5 Å². The SMILES string of the molecule is Cn1cc([N+](=O)[O-])c(NC2CCCCCC2)n1. The first-order chi connectivity index (χ1) is 8.16. The molecule has 0 aliphatic heterocycles. The number of hydrogen-bond acceptors (Lipinski definition) is 4. The van der Waals surface area contributed by atoms with Gasteiger partial charge < -0.3 is 5.32 Å². The summed E-state index contributed by atoms with van der Waals surface area (Å²) in [4.78, 5) is 10.5. The van der Waals surface area contributed by atoms with Crippen LogP contribution in [0.4, 0.5) is 11.5 Å². The monoisotopic (exact) mass is 238 g/mol. The minimum Gasteiger partial charge on any atom is -0.360 e. The fraction of sp³-hybridized carbons (Fsp3) is 0.727. The Balaban J connectivity index is 2.08. The van der Waals surface area contributed by atoms with Crippen molar-refractivity contribution in [3.05, 3.63) is 16.3 Å². The van der Waals surface area contributed by atoms with Gasteiger partial charge in [-0.3, -0.25) is 14.8 Å². The van der Waals surface area contributed by atoms with Crippen molar-refractivity contribution >= 4 is 11.5 Å². The number of hydrogen-bond donors (Lipinski definition) is 1. The van der Waals surface area contributed by atoms with Crippen molar-refractivity contribution in [3.8, 4) is 0 Å². The van der Waals surface area contributed by atoms with Gasteiger partial charge in [0.15, 0.2) is 0 Å². The maximum atomic E-state index is 10.9. The van der Waals surface area contributed by atoms with Crippen LogP contribution in [-0.4, -0.2) is 20.7 Å². The molecule has 0 amide bonds. The maximum Gasteiger partial charge on any atom is 0.330 e. The molecule has 1 heterocycles. The molecule has 2 rings (SSSR count). The number of nitrogens with zero attached hydrogens (tertiary/aromatic N) is 3. The minimum atomic E-state index is -0.383. The lowest BCUT2D eigenvalue weighted by Crippen LogP contribution is -2.19. The third-order valence-corrected chi connectivity index (χ3v) is 3.20. The maximum absolute atomic E-state index is 10.9. The Hall–Kier alpha value is -1.59. The van der Waals surface area contributed by atoms with Crippen molar-refractivity contribution < 1.29 is 4.92 Å². The smallest absolute Gasteiger partial charge is 0.330 e.